The van der Waals surface area contributed by atoms with E-state index in [1.165, 1.54) is 5.12 Å². The molecule has 1 nitrogen and oxygen atoms in total. The van der Waals surface area contributed by atoms with Gasteiger partial charge in [0.1, 0.15) is 0 Å². The fourth-order valence-corrected chi connectivity index (χ4v) is 0.378. The molecule has 2 heteroatoms. The normalized spacial score (nSPS) is 9.29. The number of nitrogens with zero attached hydrogens (tertiary/aromatic N) is 1. The van der Waals surface area contributed by atoms with E-state index in [2.05, 4.69) is 34.1 Å². The highest BCUT2D eigenvalue weighted by atomic mass is 79.9. The molecule has 0 saturated heterocycles. The third-order valence-electron chi connectivity index (χ3n) is 0.450. The molecule has 38 valence electrons. The van der Waals surface area contributed by atoms with Gasteiger partial charge in [0.2, 0.25) is 0 Å². The molecule has 0 amide bonds. The second-order valence-electron chi connectivity index (χ2n) is 0.922. The van der Waals surface area contributed by atoms with Crippen molar-refractivity contribution in [2.75, 3.05) is 0 Å². The van der Waals surface area contributed by atoms with Crippen LogP contribution in [0, 0.1) is 0 Å². The lowest BCUT2D eigenvalue weighted by Crippen LogP contribution is -1.61. The van der Waals surface area contributed by atoms with Gasteiger partial charge >= 0.3 is 0 Å². The van der Waals surface area contributed by atoms with Crippen molar-refractivity contribution in [2.24, 2.45) is 4.99 Å². The molecule has 0 N–H and O–H groups in total. The average Bonchev–Trinajstić information content (AvgIpc) is 1.68. The fourth-order valence-electron chi connectivity index (χ4n) is 0.115. The van der Waals surface area contributed by atoms with Crippen LogP contribution in [0.25, 0.3) is 0 Å². The van der Waals surface area contributed by atoms with Crippen molar-refractivity contribution in [2.45, 2.75) is 0 Å². The Hall–Kier alpha value is -0.370. The van der Waals surface area contributed by atoms with Crippen LogP contribution in [0.3, 0.4) is 0 Å². The number of hydrogen-bond acceptors (Lipinski definition) is 1. The number of allylic oxidation sites excluding steroid dienone is 1. The second kappa shape index (κ2) is 3.81. The molecular weight excluding hydrogens is 154 g/mol. The summed E-state index contributed by atoms with van der Waals surface area (Å²) in [6.07, 6.45) is 1.58. The van der Waals surface area contributed by atoms with Crippen molar-refractivity contribution < 1.29 is 0 Å². The maximum absolute atomic E-state index is 3.72. The summed E-state index contributed by atoms with van der Waals surface area (Å²) >= 11 is 2.99. The number of aliphatic imine (C=N–C) groups is 1. The maximum Gasteiger partial charge on any atom is 0.0703 e. The maximum atomic E-state index is 3.72. The first-order valence-corrected chi connectivity index (χ1v) is 2.67. The lowest BCUT2D eigenvalue weighted by atomic mass is 10.5. The third kappa shape index (κ3) is 3.46. The summed E-state index contributed by atoms with van der Waals surface area (Å²) in [6, 6.07) is 0. The predicted molar refractivity (Wildman–Crippen MR) is 36.8 cm³/mol. The van der Waals surface area contributed by atoms with E-state index < -0.39 is 0 Å². The van der Waals surface area contributed by atoms with E-state index in [1.807, 2.05) is 0 Å². The largest absolute Gasteiger partial charge is 0.250 e. The van der Waals surface area contributed by atoms with Gasteiger partial charge in [0, 0.05) is 0 Å². The summed E-state index contributed by atoms with van der Waals surface area (Å²) in [6.45, 7) is 6.96. The van der Waals surface area contributed by atoms with Crippen LogP contribution in [-0.4, -0.2) is 5.12 Å². The van der Waals surface area contributed by atoms with Gasteiger partial charge in [0.15, 0.2) is 0 Å². The van der Waals surface area contributed by atoms with Crippen molar-refractivity contribution in [3.8, 4) is 0 Å². The lowest BCUT2D eigenvalue weighted by molar-refractivity contribution is 1.47. The van der Waals surface area contributed by atoms with E-state index in [4.69, 9.17) is 0 Å². The molecule has 0 atom stereocenters. The molecule has 7 heavy (non-hydrogen) atoms. The Labute approximate surface area is 51.6 Å². The minimum absolute atomic E-state index is 0.664. The number of halogens is 1. The Kier molecular flexibility index (Phi) is 3.61. The summed E-state index contributed by atoms with van der Waals surface area (Å²) in [5, 5.41) is 1.50. The summed E-state index contributed by atoms with van der Waals surface area (Å²) in [4.78, 5) is 3.72. The van der Waals surface area contributed by atoms with Gasteiger partial charge in [-0.05, 0) is 22.0 Å². The summed E-state index contributed by atoms with van der Waals surface area (Å²) in [5.74, 6) is 0. The second-order valence-corrected chi connectivity index (χ2v) is 1.33. The predicted octanol–water partition coefficient (Wildman–Crippen LogP) is 2.11. The standard InChI is InChI=1S/C5H6BrN/c1-3-5(2)7-4-6/h3-4H,1-2H2/b7-4-. The van der Waals surface area contributed by atoms with Crippen LogP contribution >= 0.6 is 15.9 Å². The Bertz CT molecular complexity index is 105. The monoisotopic (exact) mass is 159 g/mol. The van der Waals surface area contributed by atoms with Crippen LogP contribution in [0.4, 0.5) is 0 Å². The van der Waals surface area contributed by atoms with Gasteiger partial charge < -0.3 is 0 Å². The first-order valence-electron chi connectivity index (χ1n) is 1.75. The highest BCUT2D eigenvalue weighted by Crippen LogP contribution is 1.90. The van der Waals surface area contributed by atoms with E-state index in [0.29, 0.717) is 5.70 Å². The molecule has 0 heterocycles. The Morgan fingerprint density at radius 2 is 2.29 bits per heavy atom. The zero-order valence-corrected chi connectivity index (χ0v) is 5.48. The molecule has 0 rings (SSSR count). The molecule has 0 fully saturated rings. The van der Waals surface area contributed by atoms with E-state index in [9.17, 15) is 0 Å². The van der Waals surface area contributed by atoms with Gasteiger partial charge in [0.05, 0.1) is 10.8 Å². The van der Waals surface area contributed by atoms with Gasteiger partial charge in [-0.15, -0.1) is 0 Å². The number of hydrogen-bond donors (Lipinski definition) is 0. The van der Waals surface area contributed by atoms with Crippen LogP contribution in [0.15, 0.2) is 29.9 Å². The zero-order valence-electron chi connectivity index (χ0n) is 3.89. The van der Waals surface area contributed by atoms with Gasteiger partial charge in [-0.25, -0.2) is 0 Å². The topological polar surface area (TPSA) is 12.4 Å². The van der Waals surface area contributed by atoms with Crippen molar-refractivity contribution in [1.29, 1.82) is 0 Å². The molecule has 0 aromatic rings. The van der Waals surface area contributed by atoms with E-state index in [-0.39, 0.29) is 0 Å². The fraction of sp³-hybridized carbons (Fsp3) is 0. The van der Waals surface area contributed by atoms with Crippen molar-refractivity contribution in [1.82, 2.24) is 0 Å². The molecule has 0 aromatic carbocycles. The van der Waals surface area contributed by atoms with Crippen LogP contribution in [0.1, 0.15) is 0 Å². The smallest absolute Gasteiger partial charge is 0.0703 e. The molecule has 0 radical (unpaired) electrons. The van der Waals surface area contributed by atoms with Gasteiger partial charge in [0.25, 0.3) is 0 Å². The molecule has 0 aromatic heterocycles. The van der Waals surface area contributed by atoms with Gasteiger partial charge in [-0.3, -0.25) is 4.99 Å². The van der Waals surface area contributed by atoms with Crippen molar-refractivity contribution in [3.63, 3.8) is 0 Å². The highest BCUT2D eigenvalue weighted by Gasteiger charge is 1.70. The van der Waals surface area contributed by atoms with E-state index >= 15 is 0 Å². The van der Waals surface area contributed by atoms with Gasteiger partial charge in [-0.1, -0.05) is 13.2 Å². The quantitative estimate of drug-likeness (QED) is 0.433. The average molecular weight is 160 g/mol. The molecule has 0 unspecified atom stereocenters. The van der Waals surface area contributed by atoms with Crippen LogP contribution in [0.2, 0.25) is 0 Å². The summed E-state index contributed by atoms with van der Waals surface area (Å²) in [5.41, 5.74) is 0.664. The summed E-state index contributed by atoms with van der Waals surface area (Å²) in [7, 11) is 0. The molecular formula is C5H6BrN. The molecule has 0 aliphatic rings. The summed E-state index contributed by atoms with van der Waals surface area (Å²) < 4.78 is 0. The number of rotatable bonds is 2. The Morgan fingerprint density at radius 3 is 2.43 bits per heavy atom. The minimum Gasteiger partial charge on any atom is -0.250 e. The van der Waals surface area contributed by atoms with Crippen LogP contribution in [0.5, 0.6) is 0 Å². The first kappa shape index (κ1) is 6.63. The SMILES string of the molecule is C=CC(=C)/N=C\Br. The molecule has 0 saturated carbocycles. The molecule has 0 aliphatic carbocycles. The highest BCUT2D eigenvalue weighted by molar-refractivity contribution is 9.17. The molecule has 0 spiro atoms. The lowest BCUT2D eigenvalue weighted by Gasteiger charge is -1.79. The van der Waals surface area contributed by atoms with Crippen LogP contribution < -0.4 is 0 Å². The van der Waals surface area contributed by atoms with Crippen LogP contribution in [-0.2, 0) is 0 Å². The first-order chi connectivity index (χ1) is 3.31. The van der Waals surface area contributed by atoms with Gasteiger partial charge in [-0.2, -0.15) is 0 Å². The zero-order chi connectivity index (χ0) is 5.70. The van der Waals surface area contributed by atoms with Crippen molar-refractivity contribution >= 4 is 21.1 Å². The van der Waals surface area contributed by atoms with E-state index in [1.54, 1.807) is 6.08 Å². The molecule has 0 bridgehead atoms. The Morgan fingerprint density at radius 1 is 1.71 bits per heavy atom. The van der Waals surface area contributed by atoms with E-state index in [0.717, 1.165) is 0 Å². The minimum atomic E-state index is 0.664. The van der Waals surface area contributed by atoms with Crippen molar-refractivity contribution in [3.05, 3.63) is 24.9 Å². The third-order valence-corrected chi connectivity index (χ3v) is 0.655. The Balaban J connectivity index is 3.58. The molecule has 0 aliphatic heterocycles.